The Morgan fingerprint density at radius 1 is 1.11 bits per heavy atom. The predicted molar refractivity (Wildman–Crippen MR) is 71.7 cm³/mol. The number of hydrogen-bond donors (Lipinski definition) is 0. The fourth-order valence-electron chi connectivity index (χ4n) is 1.41. The van der Waals surface area contributed by atoms with Gasteiger partial charge in [-0.3, -0.25) is 0 Å². The molecule has 2 rings (SSSR count). The van der Waals surface area contributed by atoms with Crippen molar-refractivity contribution >= 4 is 19.4 Å². The number of methoxy groups -OCH3 is 1. The minimum atomic E-state index is -0.299. The molecule has 2 aromatic rings. The van der Waals surface area contributed by atoms with Crippen LogP contribution in [0.1, 0.15) is 5.56 Å². The predicted octanol–water partition coefficient (Wildman–Crippen LogP) is 2.17. The van der Waals surface area contributed by atoms with Gasteiger partial charge >= 0.3 is 112 Å². The Morgan fingerprint density at radius 3 is 2.61 bits per heavy atom. The Labute approximate surface area is 112 Å². The second kappa shape index (κ2) is 6.25. The average molecular weight is 305 g/mol. The Hall–Kier alpha value is -1.75. The molecule has 3 heteroatoms. The van der Waals surface area contributed by atoms with Crippen LogP contribution in [0.15, 0.2) is 48.5 Å². The second-order valence-corrected chi connectivity index (χ2v) is 5.33. The molecule has 0 aromatic heterocycles. The van der Waals surface area contributed by atoms with E-state index in [1.165, 1.54) is 16.6 Å². The van der Waals surface area contributed by atoms with Gasteiger partial charge in [-0.1, -0.05) is 0 Å². The maximum absolute atomic E-state index is 13.1. The van der Waals surface area contributed by atoms with Crippen LogP contribution in [0.3, 0.4) is 0 Å². The molecule has 0 N–H and O–H groups in total. The first kappa shape index (κ1) is 12.7. The van der Waals surface area contributed by atoms with Gasteiger partial charge in [0.15, 0.2) is 0 Å². The topological polar surface area (TPSA) is 9.23 Å². The van der Waals surface area contributed by atoms with E-state index in [0.717, 1.165) is 0 Å². The molecule has 0 unspecified atom stereocenters. The summed E-state index contributed by atoms with van der Waals surface area (Å²) in [6.07, 6.45) is 0. The zero-order valence-corrected chi connectivity index (χ0v) is 11.5. The quantitative estimate of drug-likeness (QED) is 0.610. The van der Waals surface area contributed by atoms with Crippen molar-refractivity contribution in [3.05, 3.63) is 59.9 Å². The van der Waals surface area contributed by atoms with Crippen LogP contribution in [0.4, 0.5) is 4.39 Å². The summed E-state index contributed by atoms with van der Waals surface area (Å²) in [5.74, 6) is 3.27. The molecule has 0 saturated heterocycles. The summed E-state index contributed by atoms with van der Waals surface area (Å²) < 4.78 is 19.5. The van der Waals surface area contributed by atoms with Crippen LogP contribution in [0.25, 0.3) is 0 Å². The van der Waals surface area contributed by atoms with E-state index in [2.05, 4.69) is 10.7 Å². The van der Waals surface area contributed by atoms with Crippen molar-refractivity contribution in [3.63, 3.8) is 0 Å². The van der Waals surface area contributed by atoms with Gasteiger partial charge in [-0.2, -0.15) is 0 Å². The van der Waals surface area contributed by atoms with Crippen molar-refractivity contribution in [3.8, 4) is 16.5 Å². The second-order valence-electron chi connectivity index (χ2n) is 3.49. The first-order valence-electron chi connectivity index (χ1n) is 5.36. The molecular formula is C15H11FOSe. The molecule has 0 atom stereocenters. The Morgan fingerprint density at radius 2 is 1.89 bits per heavy atom. The Kier molecular flexibility index (Phi) is 4.41. The molecule has 0 bridgehead atoms. The summed E-state index contributed by atoms with van der Waals surface area (Å²) in [5, 5.41) is 0. The van der Waals surface area contributed by atoms with E-state index in [9.17, 15) is 4.39 Å². The maximum atomic E-state index is 13.1. The van der Waals surface area contributed by atoms with Gasteiger partial charge in [0.2, 0.25) is 0 Å². The van der Waals surface area contributed by atoms with Crippen LogP contribution in [0.2, 0.25) is 0 Å². The van der Waals surface area contributed by atoms with Gasteiger partial charge in [0.1, 0.15) is 0 Å². The molecule has 0 amide bonds. The molecule has 90 valence electrons. The van der Waals surface area contributed by atoms with Crippen LogP contribution in [0.5, 0.6) is 5.75 Å². The van der Waals surface area contributed by atoms with Crippen molar-refractivity contribution < 1.29 is 9.13 Å². The van der Waals surface area contributed by atoms with E-state index in [0.29, 0.717) is 11.3 Å². The van der Waals surface area contributed by atoms with Crippen molar-refractivity contribution in [2.45, 2.75) is 0 Å². The zero-order chi connectivity index (χ0) is 12.8. The monoisotopic (exact) mass is 306 g/mol. The fraction of sp³-hybridized carbons (Fsp3) is 0.0667. The summed E-state index contributed by atoms with van der Waals surface area (Å²) in [5.41, 5.74) is 0.593. The molecule has 0 spiro atoms. The number of hydrogen-bond acceptors (Lipinski definition) is 1. The van der Waals surface area contributed by atoms with Crippen molar-refractivity contribution in [1.29, 1.82) is 0 Å². The normalized spacial score (nSPS) is 9.44. The molecule has 2 aromatic carbocycles. The summed E-state index contributed by atoms with van der Waals surface area (Å²) >= 11 is 0.0680. The molecule has 0 aliphatic carbocycles. The van der Waals surface area contributed by atoms with E-state index in [1.54, 1.807) is 13.2 Å². The molecule has 0 saturated carbocycles. The van der Waals surface area contributed by atoms with E-state index < -0.39 is 0 Å². The minimum absolute atomic E-state index is 0.0680. The van der Waals surface area contributed by atoms with Gasteiger partial charge in [-0.05, 0) is 0 Å². The average Bonchev–Trinajstić information content (AvgIpc) is 2.40. The van der Waals surface area contributed by atoms with E-state index >= 15 is 0 Å². The summed E-state index contributed by atoms with van der Waals surface area (Å²) in [7, 11) is 1.56. The van der Waals surface area contributed by atoms with Crippen molar-refractivity contribution in [1.82, 2.24) is 0 Å². The fourth-order valence-corrected chi connectivity index (χ4v) is 2.61. The zero-order valence-electron chi connectivity index (χ0n) is 9.81. The first-order chi connectivity index (χ1) is 8.79. The molecule has 0 heterocycles. The molecule has 1 nitrogen and oxygen atoms in total. The molecule has 0 fully saturated rings. The van der Waals surface area contributed by atoms with Crippen molar-refractivity contribution in [2.75, 3.05) is 7.11 Å². The van der Waals surface area contributed by atoms with Gasteiger partial charge in [0, 0.05) is 0 Å². The van der Waals surface area contributed by atoms with Gasteiger partial charge in [-0.25, -0.2) is 0 Å². The Balaban J connectivity index is 2.17. The van der Waals surface area contributed by atoms with E-state index in [1.807, 2.05) is 30.3 Å². The van der Waals surface area contributed by atoms with Crippen molar-refractivity contribution in [2.24, 2.45) is 0 Å². The molecule has 0 aliphatic rings. The van der Waals surface area contributed by atoms with E-state index in [-0.39, 0.29) is 20.8 Å². The number of rotatable bonds is 2. The van der Waals surface area contributed by atoms with Crippen LogP contribution in [0, 0.1) is 16.6 Å². The third-order valence-corrected chi connectivity index (χ3v) is 3.75. The van der Waals surface area contributed by atoms with Gasteiger partial charge in [-0.15, -0.1) is 0 Å². The third-order valence-electron chi connectivity index (χ3n) is 2.26. The van der Waals surface area contributed by atoms with Crippen LogP contribution in [-0.2, 0) is 0 Å². The summed E-state index contributed by atoms with van der Waals surface area (Å²) in [6.45, 7) is 0. The van der Waals surface area contributed by atoms with Gasteiger partial charge in [0.25, 0.3) is 0 Å². The van der Waals surface area contributed by atoms with Crippen LogP contribution in [-0.4, -0.2) is 22.1 Å². The number of ether oxygens (including phenoxy) is 1. The van der Waals surface area contributed by atoms with Crippen LogP contribution < -0.4 is 9.20 Å². The molecule has 18 heavy (non-hydrogen) atoms. The van der Waals surface area contributed by atoms with Gasteiger partial charge < -0.3 is 0 Å². The van der Waals surface area contributed by atoms with Gasteiger partial charge in [0.05, 0.1) is 0 Å². The standard InChI is InChI=1S/C15H11FOSe/c1-17-15-8-7-13(16)11-12(15)9-10-18-14-5-3-2-4-6-14/h2-8,11H,1H3. The van der Waals surface area contributed by atoms with Crippen LogP contribution >= 0.6 is 0 Å². The Bertz CT molecular complexity index is 584. The first-order valence-corrected chi connectivity index (χ1v) is 7.07. The number of halogens is 1. The molecular weight excluding hydrogens is 294 g/mol. The third kappa shape index (κ3) is 3.37. The molecule has 0 aliphatic heterocycles. The summed E-state index contributed by atoms with van der Waals surface area (Å²) in [4.78, 5) is 3.09. The number of benzene rings is 2. The SMILES string of the molecule is COc1ccc(F)cc1C#C[Se]c1ccccc1. The molecule has 0 radical (unpaired) electrons. The summed E-state index contributed by atoms with van der Waals surface area (Å²) in [6, 6.07) is 14.4. The van der Waals surface area contributed by atoms with E-state index in [4.69, 9.17) is 4.74 Å².